The maximum atomic E-state index is 13.3. The smallest absolute Gasteiger partial charge is 0.423 e. The molecule has 1 spiro atoms. The van der Waals surface area contributed by atoms with E-state index >= 15 is 0 Å². The molecule has 114 valence electrons. The number of alkyl halides is 5. The Labute approximate surface area is 118 Å². The lowest BCUT2D eigenvalue weighted by Gasteiger charge is -2.38. The molecule has 8 heteroatoms. The molecule has 3 rings (SSSR count). The van der Waals surface area contributed by atoms with Crippen LogP contribution < -0.4 is 5.46 Å². The van der Waals surface area contributed by atoms with E-state index in [9.17, 15) is 27.0 Å². The summed E-state index contributed by atoms with van der Waals surface area (Å²) >= 11 is 0. The van der Waals surface area contributed by atoms with Gasteiger partial charge in [-0.2, -0.15) is 13.2 Å². The SMILES string of the molecule is OB1OC2(CCC(F)(F)CC2)c2cc(C(F)(F)F)ccc21. The van der Waals surface area contributed by atoms with E-state index in [-0.39, 0.29) is 23.9 Å². The first kappa shape index (κ1) is 14.8. The van der Waals surface area contributed by atoms with Crippen molar-refractivity contribution in [3.8, 4) is 0 Å². The molecule has 1 aromatic rings. The van der Waals surface area contributed by atoms with Gasteiger partial charge in [-0.25, -0.2) is 8.78 Å². The Bertz CT molecular complexity index is 562. The first-order chi connectivity index (χ1) is 9.63. The highest BCUT2D eigenvalue weighted by Gasteiger charge is 2.52. The number of hydrogen-bond donors (Lipinski definition) is 1. The van der Waals surface area contributed by atoms with Crippen molar-refractivity contribution in [2.45, 2.75) is 43.4 Å². The van der Waals surface area contributed by atoms with Crippen LogP contribution in [-0.2, 0) is 16.4 Å². The zero-order valence-corrected chi connectivity index (χ0v) is 10.9. The maximum Gasteiger partial charge on any atom is 0.492 e. The largest absolute Gasteiger partial charge is 0.492 e. The van der Waals surface area contributed by atoms with Crippen LogP contribution in [0.5, 0.6) is 0 Å². The predicted octanol–water partition coefficient (Wildman–Crippen LogP) is 2.83. The summed E-state index contributed by atoms with van der Waals surface area (Å²) in [6, 6.07) is 2.93. The Morgan fingerprint density at radius 3 is 2.29 bits per heavy atom. The van der Waals surface area contributed by atoms with E-state index in [4.69, 9.17) is 4.65 Å². The molecule has 0 radical (unpaired) electrons. The van der Waals surface area contributed by atoms with Crippen molar-refractivity contribution in [3.05, 3.63) is 29.3 Å². The lowest BCUT2D eigenvalue weighted by molar-refractivity contribution is -0.137. The third kappa shape index (κ3) is 2.44. The van der Waals surface area contributed by atoms with Crippen LogP contribution >= 0.6 is 0 Å². The van der Waals surface area contributed by atoms with Gasteiger partial charge in [0.15, 0.2) is 0 Å². The van der Waals surface area contributed by atoms with E-state index in [1.165, 1.54) is 0 Å². The normalized spacial score (nSPS) is 23.4. The average molecular weight is 306 g/mol. The third-order valence-corrected chi connectivity index (χ3v) is 4.26. The van der Waals surface area contributed by atoms with E-state index in [0.29, 0.717) is 0 Å². The second-order valence-electron chi connectivity index (χ2n) is 5.62. The van der Waals surface area contributed by atoms with Crippen LogP contribution in [0, 0.1) is 0 Å². The Kier molecular flexibility index (Phi) is 3.11. The summed E-state index contributed by atoms with van der Waals surface area (Å²) in [6.07, 6.45) is -5.66. The molecule has 2 aliphatic rings. The number of fused-ring (bicyclic) bond motifs is 2. The summed E-state index contributed by atoms with van der Waals surface area (Å²) in [5, 5.41) is 9.83. The van der Waals surface area contributed by atoms with Crippen molar-refractivity contribution in [2.24, 2.45) is 0 Å². The van der Waals surface area contributed by atoms with E-state index in [1.807, 2.05) is 0 Å². The van der Waals surface area contributed by atoms with Gasteiger partial charge in [-0.1, -0.05) is 12.1 Å². The standard InChI is InChI=1S/C13H12BF5O2/c15-12(16)5-3-11(4-6-12)9-7-8(13(17,18)19)1-2-10(9)14(20)21-11/h1-2,7,20H,3-6H2. The van der Waals surface area contributed by atoms with Crippen molar-refractivity contribution in [3.63, 3.8) is 0 Å². The van der Waals surface area contributed by atoms with Gasteiger partial charge >= 0.3 is 13.3 Å². The number of benzene rings is 1. The molecule has 1 heterocycles. The molecular formula is C13H12BF5O2. The summed E-state index contributed by atoms with van der Waals surface area (Å²) in [7, 11) is -1.37. The second kappa shape index (κ2) is 4.43. The highest BCUT2D eigenvalue weighted by Crippen LogP contribution is 2.48. The zero-order chi connectivity index (χ0) is 15.5. The van der Waals surface area contributed by atoms with Crippen molar-refractivity contribution in [1.29, 1.82) is 0 Å². The van der Waals surface area contributed by atoms with E-state index in [2.05, 4.69) is 0 Å². The monoisotopic (exact) mass is 306 g/mol. The van der Waals surface area contributed by atoms with Gasteiger partial charge in [-0.05, 0) is 29.9 Å². The first-order valence-corrected chi connectivity index (χ1v) is 6.58. The molecule has 0 bridgehead atoms. The molecule has 1 aromatic carbocycles. The van der Waals surface area contributed by atoms with Gasteiger partial charge in [0, 0.05) is 12.8 Å². The molecular weight excluding hydrogens is 294 g/mol. The summed E-state index contributed by atoms with van der Waals surface area (Å²) in [5.74, 6) is -2.83. The quantitative estimate of drug-likeness (QED) is 0.590. The highest BCUT2D eigenvalue weighted by molar-refractivity contribution is 6.62. The number of hydrogen-bond acceptors (Lipinski definition) is 2. The van der Waals surface area contributed by atoms with Gasteiger partial charge in [-0.15, -0.1) is 0 Å². The number of rotatable bonds is 0. The lowest BCUT2D eigenvalue weighted by Crippen LogP contribution is -2.37. The predicted molar refractivity (Wildman–Crippen MR) is 65.2 cm³/mol. The second-order valence-corrected chi connectivity index (χ2v) is 5.62. The summed E-state index contributed by atoms with van der Waals surface area (Å²) in [5.41, 5.74) is -1.69. The maximum absolute atomic E-state index is 13.3. The van der Waals surface area contributed by atoms with Crippen LogP contribution in [0.1, 0.15) is 36.8 Å². The first-order valence-electron chi connectivity index (χ1n) is 6.58. The van der Waals surface area contributed by atoms with Gasteiger partial charge in [0.2, 0.25) is 5.92 Å². The minimum absolute atomic E-state index is 0.106. The topological polar surface area (TPSA) is 29.5 Å². The summed E-state index contributed by atoms with van der Waals surface area (Å²) in [6.45, 7) is 0. The minimum Gasteiger partial charge on any atom is -0.423 e. The molecule has 0 aromatic heterocycles. The molecule has 2 nitrogen and oxygen atoms in total. The Morgan fingerprint density at radius 2 is 1.71 bits per heavy atom. The van der Waals surface area contributed by atoms with E-state index in [0.717, 1.165) is 18.2 Å². The van der Waals surface area contributed by atoms with Crippen LogP contribution in [0.15, 0.2) is 18.2 Å². The average Bonchev–Trinajstić information content (AvgIpc) is 2.66. The van der Waals surface area contributed by atoms with Gasteiger partial charge in [0.05, 0.1) is 11.2 Å². The number of halogens is 5. The molecule has 0 amide bonds. The molecule has 1 fully saturated rings. The molecule has 1 aliphatic heterocycles. The van der Waals surface area contributed by atoms with Crippen LogP contribution in [0.2, 0.25) is 0 Å². The van der Waals surface area contributed by atoms with Crippen molar-refractivity contribution < 1.29 is 31.6 Å². The molecule has 1 saturated carbocycles. The van der Waals surface area contributed by atoms with Crippen molar-refractivity contribution in [2.75, 3.05) is 0 Å². The van der Waals surface area contributed by atoms with E-state index < -0.39 is 43.2 Å². The van der Waals surface area contributed by atoms with Crippen LogP contribution in [0.4, 0.5) is 22.0 Å². The third-order valence-electron chi connectivity index (χ3n) is 4.26. The minimum atomic E-state index is -4.53. The van der Waals surface area contributed by atoms with Crippen molar-refractivity contribution >= 4 is 12.6 Å². The zero-order valence-electron chi connectivity index (χ0n) is 10.9. The van der Waals surface area contributed by atoms with Gasteiger partial charge < -0.3 is 9.68 Å². The summed E-state index contributed by atoms with van der Waals surface area (Å²) < 4.78 is 70.4. The van der Waals surface area contributed by atoms with Gasteiger partial charge in [0.25, 0.3) is 0 Å². The molecule has 0 saturated heterocycles. The van der Waals surface area contributed by atoms with Crippen LogP contribution in [0.25, 0.3) is 0 Å². The van der Waals surface area contributed by atoms with Crippen LogP contribution in [0.3, 0.4) is 0 Å². The Hall–Kier alpha value is -1.15. The van der Waals surface area contributed by atoms with E-state index in [1.54, 1.807) is 0 Å². The molecule has 0 atom stereocenters. The van der Waals surface area contributed by atoms with Crippen molar-refractivity contribution in [1.82, 2.24) is 0 Å². The molecule has 0 unspecified atom stereocenters. The lowest BCUT2D eigenvalue weighted by atomic mass is 9.74. The van der Waals surface area contributed by atoms with Crippen LogP contribution in [-0.4, -0.2) is 18.1 Å². The van der Waals surface area contributed by atoms with Gasteiger partial charge in [0.1, 0.15) is 0 Å². The Morgan fingerprint density at radius 1 is 1.10 bits per heavy atom. The fourth-order valence-corrected chi connectivity index (χ4v) is 3.09. The molecule has 1 aliphatic carbocycles. The highest BCUT2D eigenvalue weighted by atomic mass is 19.4. The molecule has 1 N–H and O–H groups in total. The fourth-order valence-electron chi connectivity index (χ4n) is 3.09. The Balaban J connectivity index is 2.02. The van der Waals surface area contributed by atoms with Gasteiger partial charge in [-0.3, -0.25) is 0 Å². The molecule has 21 heavy (non-hydrogen) atoms. The summed E-state index contributed by atoms with van der Waals surface area (Å²) in [4.78, 5) is 0. The fraction of sp³-hybridized carbons (Fsp3) is 0.538.